The van der Waals surface area contributed by atoms with E-state index in [1.54, 1.807) is 55.3 Å². The van der Waals surface area contributed by atoms with Crippen LogP contribution in [0.5, 0.6) is 5.75 Å². The predicted molar refractivity (Wildman–Crippen MR) is 98.0 cm³/mol. The summed E-state index contributed by atoms with van der Waals surface area (Å²) >= 11 is 6.09. The second-order valence-electron chi connectivity index (χ2n) is 5.36. The monoisotopic (exact) mass is 372 g/mol. The number of ether oxygens (including phenoxy) is 2. The highest BCUT2D eigenvalue weighted by Gasteiger charge is 2.21. The molecule has 0 aliphatic rings. The molecule has 1 amide bonds. The molecule has 7 nitrogen and oxygen atoms in total. The fourth-order valence-electron chi connectivity index (χ4n) is 2.42. The molecule has 1 heterocycles. The van der Waals surface area contributed by atoms with Gasteiger partial charge in [-0.15, -0.1) is 5.10 Å². The summed E-state index contributed by atoms with van der Waals surface area (Å²) in [6.45, 7) is 0.171. The van der Waals surface area contributed by atoms with Crippen LogP contribution < -0.4 is 10.1 Å². The minimum atomic E-state index is -0.412. The van der Waals surface area contributed by atoms with Gasteiger partial charge in [0.25, 0.3) is 5.91 Å². The summed E-state index contributed by atoms with van der Waals surface area (Å²) in [6, 6.07) is 14.2. The van der Waals surface area contributed by atoms with E-state index in [2.05, 4.69) is 15.6 Å². The number of anilines is 1. The molecule has 0 saturated heterocycles. The smallest absolute Gasteiger partial charge is 0.278 e. The third kappa shape index (κ3) is 3.68. The fraction of sp³-hybridized carbons (Fsp3) is 0.167. The van der Waals surface area contributed by atoms with Crippen LogP contribution in [0.1, 0.15) is 16.2 Å². The Labute approximate surface area is 155 Å². The number of amides is 1. The molecule has 2 aromatic carbocycles. The Balaban J connectivity index is 1.93. The lowest BCUT2D eigenvalue weighted by Crippen LogP contribution is -2.16. The average molecular weight is 373 g/mol. The van der Waals surface area contributed by atoms with Crippen LogP contribution in [0, 0.1) is 0 Å². The van der Waals surface area contributed by atoms with Crippen LogP contribution in [0.25, 0.3) is 5.69 Å². The third-order valence-electron chi connectivity index (χ3n) is 3.70. The van der Waals surface area contributed by atoms with Gasteiger partial charge in [-0.1, -0.05) is 28.9 Å². The summed E-state index contributed by atoms with van der Waals surface area (Å²) in [4.78, 5) is 12.6. The summed E-state index contributed by atoms with van der Waals surface area (Å²) < 4.78 is 11.9. The molecule has 26 heavy (non-hydrogen) atoms. The third-order valence-corrected chi connectivity index (χ3v) is 4.03. The number of hydrogen-bond acceptors (Lipinski definition) is 5. The lowest BCUT2D eigenvalue weighted by atomic mass is 10.2. The molecule has 0 aliphatic carbocycles. The lowest BCUT2D eigenvalue weighted by Gasteiger charge is -2.09. The van der Waals surface area contributed by atoms with Gasteiger partial charge in [0, 0.05) is 7.11 Å². The van der Waals surface area contributed by atoms with Gasteiger partial charge in [0.05, 0.1) is 30.1 Å². The predicted octanol–water partition coefficient (Wildman–Crippen LogP) is 3.33. The van der Waals surface area contributed by atoms with Gasteiger partial charge in [0.15, 0.2) is 5.69 Å². The van der Waals surface area contributed by atoms with E-state index in [0.717, 1.165) is 11.4 Å². The number of halogens is 1. The molecule has 0 spiro atoms. The van der Waals surface area contributed by atoms with E-state index in [-0.39, 0.29) is 12.3 Å². The van der Waals surface area contributed by atoms with E-state index in [4.69, 9.17) is 21.1 Å². The summed E-state index contributed by atoms with van der Waals surface area (Å²) in [5.41, 5.74) is 1.94. The number of methoxy groups -OCH3 is 2. The normalized spacial score (nSPS) is 10.6. The zero-order chi connectivity index (χ0) is 18.5. The van der Waals surface area contributed by atoms with Crippen molar-refractivity contribution in [2.24, 2.45) is 0 Å². The first-order valence-electron chi connectivity index (χ1n) is 7.78. The van der Waals surface area contributed by atoms with Crippen LogP contribution in [0.3, 0.4) is 0 Å². The van der Waals surface area contributed by atoms with Crippen LogP contribution in [-0.2, 0) is 11.3 Å². The van der Waals surface area contributed by atoms with Crippen LogP contribution in [0.2, 0.25) is 5.02 Å². The van der Waals surface area contributed by atoms with Gasteiger partial charge in [-0.2, -0.15) is 0 Å². The van der Waals surface area contributed by atoms with E-state index in [9.17, 15) is 4.79 Å². The summed E-state index contributed by atoms with van der Waals surface area (Å²) in [5, 5.41) is 11.3. The molecule has 0 bridgehead atoms. The number of nitrogens with zero attached hydrogens (tertiary/aromatic N) is 3. The Bertz CT molecular complexity index is 909. The first-order chi connectivity index (χ1) is 12.6. The van der Waals surface area contributed by atoms with Crippen LogP contribution in [-0.4, -0.2) is 35.1 Å². The standard InChI is InChI=1S/C18H17ClN4O3/c1-25-11-16-17(18(24)20-15-6-4-3-5-14(15)19)21-22-23(16)12-7-9-13(26-2)10-8-12/h3-10H,11H2,1-2H3,(H,20,24). The minimum absolute atomic E-state index is 0.169. The molecule has 134 valence electrons. The molecular formula is C18H17ClN4O3. The van der Waals surface area contributed by atoms with Gasteiger partial charge < -0.3 is 14.8 Å². The van der Waals surface area contributed by atoms with E-state index < -0.39 is 5.91 Å². The number of benzene rings is 2. The fourth-order valence-corrected chi connectivity index (χ4v) is 2.60. The van der Waals surface area contributed by atoms with Crippen molar-refractivity contribution in [3.63, 3.8) is 0 Å². The van der Waals surface area contributed by atoms with E-state index in [1.807, 2.05) is 12.1 Å². The van der Waals surface area contributed by atoms with Crippen molar-refractivity contribution >= 4 is 23.2 Å². The Kier molecular flexibility index (Phi) is 5.50. The average Bonchev–Trinajstić information content (AvgIpc) is 3.08. The lowest BCUT2D eigenvalue weighted by molar-refractivity contribution is 0.101. The van der Waals surface area contributed by atoms with Gasteiger partial charge in [-0.25, -0.2) is 4.68 Å². The maximum Gasteiger partial charge on any atom is 0.278 e. The maximum atomic E-state index is 12.6. The summed E-state index contributed by atoms with van der Waals surface area (Å²) in [5.74, 6) is 0.309. The number of aromatic nitrogens is 3. The van der Waals surface area contributed by atoms with E-state index in [1.165, 1.54) is 0 Å². The van der Waals surface area contributed by atoms with Crippen LogP contribution in [0.4, 0.5) is 5.69 Å². The SMILES string of the molecule is COCc1c(C(=O)Nc2ccccc2Cl)nnn1-c1ccc(OC)cc1. The molecule has 1 aromatic heterocycles. The van der Waals surface area contributed by atoms with Gasteiger partial charge in [-0.05, 0) is 36.4 Å². The number of carbonyl (C=O) groups is 1. The Morgan fingerprint density at radius 1 is 1.15 bits per heavy atom. The largest absolute Gasteiger partial charge is 0.497 e. The van der Waals surface area contributed by atoms with Crippen molar-refractivity contribution in [3.05, 3.63) is 64.9 Å². The minimum Gasteiger partial charge on any atom is -0.497 e. The zero-order valence-electron chi connectivity index (χ0n) is 14.3. The van der Waals surface area contributed by atoms with Crippen molar-refractivity contribution in [2.75, 3.05) is 19.5 Å². The molecule has 8 heteroatoms. The number of hydrogen-bond donors (Lipinski definition) is 1. The zero-order valence-corrected chi connectivity index (χ0v) is 15.0. The van der Waals surface area contributed by atoms with Crippen molar-refractivity contribution in [1.29, 1.82) is 0 Å². The van der Waals surface area contributed by atoms with Crippen molar-refractivity contribution in [2.45, 2.75) is 6.61 Å². The van der Waals surface area contributed by atoms with Gasteiger partial charge in [0.1, 0.15) is 11.4 Å². The van der Waals surface area contributed by atoms with Gasteiger partial charge in [0.2, 0.25) is 0 Å². The highest BCUT2D eigenvalue weighted by molar-refractivity contribution is 6.33. The Morgan fingerprint density at radius 2 is 1.88 bits per heavy atom. The highest BCUT2D eigenvalue weighted by Crippen LogP contribution is 2.22. The Morgan fingerprint density at radius 3 is 2.54 bits per heavy atom. The summed E-state index contributed by atoms with van der Waals surface area (Å²) in [6.07, 6.45) is 0. The van der Waals surface area contributed by atoms with E-state index >= 15 is 0 Å². The van der Waals surface area contributed by atoms with Gasteiger partial charge >= 0.3 is 0 Å². The van der Waals surface area contributed by atoms with Gasteiger partial charge in [-0.3, -0.25) is 4.79 Å². The topological polar surface area (TPSA) is 78.3 Å². The van der Waals surface area contributed by atoms with Crippen LogP contribution in [0.15, 0.2) is 48.5 Å². The molecule has 0 radical (unpaired) electrons. The highest BCUT2D eigenvalue weighted by atomic mass is 35.5. The quantitative estimate of drug-likeness (QED) is 0.718. The molecule has 3 aromatic rings. The number of rotatable bonds is 6. The summed E-state index contributed by atoms with van der Waals surface area (Å²) in [7, 11) is 3.14. The number of nitrogens with one attached hydrogen (secondary N) is 1. The molecule has 0 aliphatic heterocycles. The first kappa shape index (κ1) is 17.9. The maximum absolute atomic E-state index is 12.6. The van der Waals surface area contributed by atoms with E-state index in [0.29, 0.717) is 16.4 Å². The molecule has 0 fully saturated rings. The molecule has 3 rings (SSSR count). The van der Waals surface area contributed by atoms with Crippen molar-refractivity contribution < 1.29 is 14.3 Å². The number of carbonyl (C=O) groups excluding carboxylic acids is 1. The Hall–Kier alpha value is -2.90. The molecular weight excluding hydrogens is 356 g/mol. The van der Waals surface area contributed by atoms with Crippen molar-refractivity contribution in [3.8, 4) is 11.4 Å². The first-order valence-corrected chi connectivity index (χ1v) is 8.15. The molecule has 0 saturated carbocycles. The van der Waals surface area contributed by atoms with Crippen LogP contribution >= 0.6 is 11.6 Å². The van der Waals surface area contributed by atoms with Crippen molar-refractivity contribution in [1.82, 2.24) is 15.0 Å². The molecule has 0 unspecified atom stereocenters. The second kappa shape index (κ2) is 7.99. The number of para-hydroxylation sites is 1. The molecule has 1 N–H and O–H groups in total. The second-order valence-corrected chi connectivity index (χ2v) is 5.77. The molecule has 0 atom stereocenters.